The molecule has 0 aromatic carbocycles. The summed E-state index contributed by atoms with van der Waals surface area (Å²) in [6, 6.07) is 0. The van der Waals surface area contributed by atoms with E-state index in [1.165, 1.54) is 25.7 Å². The van der Waals surface area contributed by atoms with Crippen LogP contribution >= 0.6 is 0 Å². The van der Waals surface area contributed by atoms with Gasteiger partial charge in [-0.3, -0.25) is 0 Å². The zero-order chi connectivity index (χ0) is 7.82. The van der Waals surface area contributed by atoms with Gasteiger partial charge in [-0.25, -0.2) is 6.57 Å². The van der Waals surface area contributed by atoms with Gasteiger partial charge >= 0.3 is 0 Å². The van der Waals surface area contributed by atoms with E-state index in [2.05, 4.69) is 18.7 Å². The van der Waals surface area contributed by atoms with Crippen LogP contribution in [0.4, 0.5) is 0 Å². The minimum Gasteiger partial charge on any atom is -0.317 e. The van der Waals surface area contributed by atoms with Gasteiger partial charge < -0.3 is 4.85 Å². The fourth-order valence-electron chi connectivity index (χ4n) is 1.05. The van der Waals surface area contributed by atoms with Crippen LogP contribution in [0.2, 0.25) is 0 Å². The summed E-state index contributed by atoms with van der Waals surface area (Å²) in [6.07, 6.45) is 4.96. The number of hydrogen-bond acceptors (Lipinski definition) is 0. The molecule has 0 rings (SSSR count). The first-order valence-corrected chi connectivity index (χ1v) is 4.18. The number of hydrogen-bond donors (Lipinski definition) is 0. The fourth-order valence-corrected chi connectivity index (χ4v) is 1.05. The Morgan fingerprint density at radius 3 is 2.50 bits per heavy atom. The standard InChI is InChI=1S/C9H17N/c1-4-6-7-9(5-2)8-10-3/h9H,4-8H2,1-2H3. The molecule has 0 heterocycles. The van der Waals surface area contributed by atoms with E-state index in [0.717, 1.165) is 6.54 Å². The lowest BCUT2D eigenvalue weighted by atomic mass is 10.00. The van der Waals surface area contributed by atoms with E-state index < -0.39 is 0 Å². The summed E-state index contributed by atoms with van der Waals surface area (Å²) in [7, 11) is 0. The first-order valence-electron chi connectivity index (χ1n) is 4.18. The summed E-state index contributed by atoms with van der Waals surface area (Å²) in [4.78, 5) is 3.41. The van der Waals surface area contributed by atoms with Crippen molar-refractivity contribution in [2.24, 2.45) is 5.92 Å². The van der Waals surface area contributed by atoms with E-state index in [9.17, 15) is 0 Å². The molecule has 0 N–H and O–H groups in total. The molecule has 0 saturated carbocycles. The van der Waals surface area contributed by atoms with Crippen LogP contribution < -0.4 is 0 Å². The minimum absolute atomic E-state index is 0.664. The van der Waals surface area contributed by atoms with E-state index in [4.69, 9.17) is 6.57 Å². The predicted octanol–water partition coefficient (Wildman–Crippen LogP) is 3.12. The molecule has 0 radical (unpaired) electrons. The normalized spacial score (nSPS) is 12.5. The molecule has 0 aromatic heterocycles. The Labute approximate surface area is 64.3 Å². The Morgan fingerprint density at radius 2 is 2.10 bits per heavy atom. The predicted molar refractivity (Wildman–Crippen MR) is 44.8 cm³/mol. The van der Waals surface area contributed by atoms with Crippen LogP contribution in [-0.2, 0) is 0 Å². The van der Waals surface area contributed by atoms with Gasteiger partial charge in [0.1, 0.15) is 0 Å². The quantitative estimate of drug-likeness (QED) is 0.515. The Bertz CT molecular complexity index is 102. The average molecular weight is 139 g/mol. The number of rotatable bonds is 5. The van der Waals surface area contributed by atoms with Crippen molar-refractivity contribution >= 4 is 0 Å². The van der Waals surface area contributed by atoms with Crippen LogP contribution in [0.15, 0.2) is 0 Å². The van der Waals surface area contributed by atoms with Gasteiger partial charge in [-0.15, -0.1) is 0 Å². The monoisotopic (exact) mass is 139 g/mol. The molecule has 1 atom stereocenters. The SMILES string of the molecule is [C-]#[N+]CC(CC)CCCC. The van der Waals surface area contributed by atoms with Gasteiger partial charge in [-0.2, -0.15) is 0 Å². The van der Waals surface area contributed by atoms with Gasteiger partial charge in [0.05, 0.1) is 0 Å². The van der Waals surface area contributed by atoms with E-state index in [0.29, 0.717) is 5.92 Å². The molecule has 0 amide bonds. The molecule has 1 heteroatoms. The molecule has 58 valence electrons. The highest BCUT2D eigenvalue weighted by molar-refractivity contribution is 4.68. The third-order valence-electron chi connectivity index (χ3n) is 1.89. The second-order valence-corrected chi connectivity index (χ2v) is 2.76. The lowest BCUT2D eigenvalue weighted by Gasteiger charge is -2.05. The molecular weight excluding hydrogens is 122 g/mol. The maximum Gasteiger partial charge on any atom is 0.217 e. The van der Waals surface area contributed by atoms with Crippen LogP contribution in [0.5, 0.6) is 0 Å². The van der Waals surface area contributed by atoms with Crippen molar-refractivity contribution in [3.05, 3.63) is 11.4 Å². The molecule has 0 aliphatic rings. The topological polar surface area (TPSA) is 4.36 Å². The van der Waals surface area contributed by atoms with Gasteiger partial charge in [0.2, 0.25) is 6.54 Å². The smallest absolute Gasteiger partial charge is 0.217 e. The summed E-state index contributed by atoms with van der Waals surface area (Å²) in [5, 5.41) is 0. The first kappa shape index (κ1) is 9.49. The molecular formula is C9H17N. The molecule has 1 unspecified atom stereocenters. The van der Waals surface area contributed by atoms with Crippen molar-refractivity contribution in [1.29, 1.82) is 0 Å². The molecule has 0 bridgehead atoms. The van der Waals surface area contributed by atoms with Gasteiger partial charge in [-0.05, 0) is 12.8 Å². The average Bonchev–Trinajstić information content (AvgIpc) is 1.98. The molecule has 0 spiro atoms. The Balaban J connectivity index is 3.32. The van der Waals surface area contributed by atoms with Crippen molar-refractivity contribution < 1.29 is 0 Å². The Hall–Kier alpha value is -0.510. The van der Waals surface area contributed by atoms with Crippen molar-refractivity contribution in [3.8, 4) is 0 Å². The molecule has 0 aliphatic carbocycles. The summed E-state index contributed by atoms with van der Waals surface area (Å²) in [5.74, 6) is 0.664. The molecule has 0 saturated heterocycles. The van der Waals surface area contributed by atoms with Crippen LogP contribution in [0, 0.1) is 12.5 Å². The van der Waals surface area contributed by atoms with Crippen LogP contribution in [-0.4, -0.2) is 6.54 Å². The summed E-state index contributed by atoms with van der Waals surface area (Å²) in [5.41, 5.74) is 0. The zero-order valence-corrected chi connectivity index (χ0v) is 7.06. The van der Waals surface area contributed by atoms with Crippen molar-refractivity contribution in [3.63, 3.8) is 0 Å². The van der Waals surface area contributed by atoms with E-state index in [1.807, 2.05) is 0 Å². The summed E-state index contributed by atoms with van der Waals surface area (Å²) in [6.45, 7) is 11.8. The molecule has 1 nitrogen and oxygen atoms in total. The van der Waals surface area contributed by atoms with Gasteiger partial charge in [0, 0.05) is 5.92 Å². The third-order valence-corrected chi connectivity index (χ3v) is 1.89. The summed E-state index contributed by atoms with van der Waals surface area (Å²) < 4.78 is 0. The second kappa shape index (κ2) is 6.61. The Morgan fingerprint density at radius 1 is 1.40 bits per heavy atom. The van der Waals surface area contributed by atoms with Gasteiger partial charge in [-0.1, -0.05) is 26.7 Å². The van der Waals surface area contributed by atoms with E-state index in [1.54, 1.807) is 0 Å². The highest BCUT2D eigenvalue weighted by Crippen LogP contribution is 2.12. The molecule has 0 aromatic rings. The van der Waals surface area contributed by atoms with Crippen molar-refractivity contribution in [1.82, 2.24) is 0 Å². The van der Waals surface area contributed by atoms with Crippen LogP contribution in [0.3, 0.4) is 0 Å². The summed E-state index contributed by atoms with van der Waals surface area (Å²) >= 11 is 0. The van der Waals surface area contributed by atoms with Crippen molar-refractivity contribution in [2.45, 2.75) is 39.5 Å². The maximum absolute atomic E-state index is 6.70. The van der Waals surface area contributed by atoms with E-state index in [-0.39, 0.29) is 0 Å². The molecule has 0 fully saturated rings. The second-order valence-electron chi connectivity index (χ2n) is 2.76. The minimum atomic E-state index is 0.664. The Kier molecular flexibility index (Phi) is 6.27. The lowest BCUT2D eigenvalue weighted by Crippen LogP contribution is -2.01. The first-order chi connectivity index (χ1) is 4.85. The number of unbranched alkanes of at least 4 members (excludes halogenated alkanes) is 1. The largest absolute Gasteiger partial charge is 0.317 e. The zero-order valence-electron chi connectivity index (χ0n) is 7.06. The molecule has 10 heavy (non-hydrogen) atoms. The van der Waals surface area contributed by atoms with E-state index >= 15 is 0 Å². The maximum atomic E-state index is 6.70. The third kappa shape index (κ3) is 4.38. The highest BCUT2D eigenvalue weighted by Gasteiger charge is 2.06. The highest BCUT2D eigenvalue weighted by atomic mass is 14.6. The lowest BCUT2D eigenvalue weighted by molar-refractivity contribution is 0.482. The van der Waals surface area contributed by atoms with Gasteiger partial charge in [0.15, 0.2) is 0 Å². The molecule has 0 aliphatic heterocycles. The van der Waals surface area contributed by atoms with Crippen molar-refractivity contribution in [2.75, 3.05) is 6.54 Å². The van der Waals surface area contributed by atoms with Crippen LogP contribution in [0.1, 0.15) is 39.5 Å². The van der Waals surface area contributed by atoms with Gasteiger partial charge in [0.25, 0.3) is 0 Å². The van der Waals surface area contributed by atoms with Crippen LogP contribution in [0.25, 0.3) is 4.85 Å². The number of nitrogens with zero attached hydrogens (tertiary/aromatic N) is 1. The fraction of sp³-hybridized carbons (Fsp3) is 0.889.